The highest BCUT2D eigenvalue weighted by Crippen LogP contribution is 2.35. The lowest BCUT2D eigenvalue weighted by molar-refractivity contribution is -0.122. The number of aliphatic hydroxyl groups excluding tert-OH is 1. The molecule has 1 saturated carbocycles. The van der Waals surface area contributed by atoms with Crippen LogP contribution >= 0.6 is 12.2 Å². The van der Waals surface area contributed by atoms with Crippen LogP contribution in [0.1, 0.15) is 38.2 Å². The predicted octanol–water partition coefficient (Wildman–Crippen LogP) is 2.97. The van der Waals surface area contributed by atoms with E-state index >= 15 is 0 Å². The number of carbonyl (C=O) groups excluding carboxylic acids is 1. The number of rotatable bonds is 5. The van der Waals surface area contributed by atoms with Gasteiger partial charge in [-0.25, -0.2) is 0 Å². The van der Waals surface area contributed by atoms with Crippen LogP contribution in [0.25, 0.3) is 11.4 Å². The second-order valence-electron chi connectivity index (χ2n) is 7.50. The zero-order chi connectivity index (χ0) is 18.7. The maximum Gasteiger partial charge on any atom is 0.240 e. The lowest BCUT2D eigenvalue weighted by atomic mass is 9.73. The Hall–Kier alpha value is -1.99. The minimum atomic E-state index is -0.365. The van der Waals surface area contributed by atoms with Crippen LogP contribution in [0, 0.1) is 17.1 Å². The van der Waals surface area contributed by atoms with Crippen molar-refractivity contribution in [2.45, 2.75) is 52.2 Å². The smallest absolute Gasteiger partial charge is 0.240 e. The first-order chi connectivity index (χ1) is 12.4. The Bertz CT molecular complexity index is 844. The molecule has 3 N–H and O–H groups in total. The predicted molar refractivity (Wildman–Crippen MR) is 103 cm³/mol. The van der Waals surface area contributed by atoms with Gasteiger partial charge in [0.2, 0.25) is 5.91 Å². The molecule has 0 radical (unpaired) electrons. The monoisotopic (exact) mass is 374 g/mol. The molecule has 1 aliphatic rings. The minimum absolute atomic E-state index is 0.102. The molecule has 26 heavy (non-hydrogen) atoms. The van der Waals surface area contributed by atoms with E-state index in [9.17, 15) is 9.90 Å². The summed E-state index contributed by atoms with van der Waals surface area (Å²) in [4.78, 5) is 12.5. The van der Waals surface area contributed by atoms with Crippen LogP contribution in [0.3, 0.4) is 0 Å². The average molecular weight is 375 g/mol. The lowest BCUT2D eigenvalue weighted by Gasteiger charge is -2.38. The van der Waals surface area contributed by atoms with E-state index < -0.39 is 0 Å². The van der Waals surface area contributed by atoms with E-state index in [-0.39, 0.29) is 24.0 Å². The Balaban J connectivity index is 1.70. The van der Waals surface area contributed by atoms with Crippen LogP contribution in [0.4, 0.5) is 0 Å². The van der Waals surface area contributed by atoms with Gasteiger partial charge in [-0.05, 0) is 38.0 Å². The molecule has 0 saturated heterocycles. The normalized spacial score (nSPS) is 23.0. The Labute approximate surface area is 158 Å². The maximum atomic E-state index is 12.5. The van der Waals surface area contributed by atoms with Crippen molar-refractivity contribution in [2.24, 2.45) is 5.41 Å². The zero-order valence-electron chi connectivity index (χ0n) is 15.3. The van der Waals surface area contributed by atoms with Gasteiger partial charge in [0, 0.05) is 17.5 Å². The third kappa shape index (κ3) is 4.04. The Morgan fingerprint density at radius 1 is 1.50 bits per heavy atom. The van der Waals surface area contributed by atoms with Gasteiger partial charge in [0.1, 0.15) is 6.54 Å². The molecule has 2 atom stereocenters. The molecule has 1 amide bonds. The quantitative estimate of drug-likeness (QED) is 0.703. The lowest BCUT2D eigenvalue weighted by Crippen LogP contribution is -2.45. The summed E-state index contributed by atoms with van der Waals surface area (Å²) >= 11 is 5.30. The van der Waals surface area contributed by atoms with Crippen molar-refractivity contribution >= 4 is 18.1 Å². The van der Waals surface area contributed by atoms with E-state index in [0.29, 0.717) is 17.1 Å². The number of amides is 1. The molecule has 1 heterocycles. The number of aromatic amines is 1. The topological polar surface area (TPSA) is 82.9 Å². The second kappa shape index (κ2) is 7.72. The standard InChI is InChI=1S/C19H26N4O2S/c1-13-6-5-7-14(10-13)17-21-22-18(26)23(17)11-16(25)20-12-19(2)9-4-3-8-15(19)24/h5-7,10,15,24H,3-4,8-9,11-12H2,1-2H3,(H,20,25)(H,22,26)/t15-,19-/m0/s1. The maximum absolute atomic E-state index is 12.5. The highest BCUT2D eigenvalue weighted by Gasteiger charge is 2.35. The van der Waals surface area contributed by atoms with Gasteiger partial charge in [-0.1, -0.05) is 43.5 Å². The van der Waals surface area contributed by atoms with Crippen molar-refractivity contribution in [1.82, 2.24) is 20.1 Å². The number of H-pyrrole nitrogens is 1. The first-order valence-electron chi connectivity index (χ1n) is 9.06. The van der Waals surface area contributed by atoms with E-state index in [4.69, 9.17) is 12.2 Å². The number of hydrogen-bond donors (Lipinski definition) is 3. The van der Waals surface area contributed by atoms with Crippen molar-refractivity contribution in [1.29, 1.82) is 0 Å². The molecule has 0 spiro atoms. The summed E-state index contributed by atoms with van der Waals surface area (Å²) in [7, 11) is 0. The SMILES string of the molecule is Cc1cccc(-c2n[nH]c(=S)n2CC(=O)NC[C@]2(C)CCCC[C@@H]2O)c1. The van der Waals surface area contributed by atoms with Gasteiger partial charge in [0.25, 0.3) is 0 Å². The summed E-state index contributed by atoms with van der Waals surface area (Å²) in [5.41, 5.74) is 1.77. The van der Waals surface area contributed by atoms with Crippen LogP contribution in [0.2, 0.25) is 0 Å². The summed E-state index contributed by atoms with van der Waals surface area (Å²) in [6, 6.07) is 7.93. The van der Waals surface area contributed by atoms with Crippen LogP contribution in [-0.2, 0) is 11.3 Å². The van der Waals surface area contributed by atoms with Crippen LogP contribution in [0.5, 0.6) is 0 Å². The molecule has 0 bridgehead atoms. The van der Waals surface area contributed by atoms with E-state index in [1.54, 1.807) is 4.57 Å². The molecule has 0 aliphatic heterocycles. The highest BCUT2D eigenvalue weighted by atomic mass is 32.1. The first kappa shape index (κ1) is 18.8. The summed E-state index contributed by atoms with van der Waals surface area (Å²) in [6.07, 6.45) is 3.50. The molecule has 6 nitrogen and oxygen atoms in total. The summed E-state index contributed by atoms with van der Waals surface area (Å²) in [6.45, 7) is 4.62. The van der Waals surface area contributed by atoms with Gasteiger partial charge in [-0.15, -0.1) is 0 Å². The van der Waals surface area contributed by atoms with Gasteiger partial charge in [-0.2, -0.15) is 5.10 Å². The zero-order valence-corrected chi connectivity index (χ0v) is 16.1. The van der Waals surface area contributed by atoms with Gasteiger partial charge in [0.05, 0.1) is 6.10 Å². The Morgan fingerprint density at radius 3 is 3.04 bits per heavy atom. The number of nitrogens with zero attached hydrogens (tertiary/aromatic N) is 2. The molecule has 7 heteroatoms. The summed E-state index contributed by atoms with van der Waals surface area (Å²) in [5.74, 6) is 0.521. The number of hydrogen-bond acceptors (Lipinski definition) is 4. The van der Waals surface area contributed by atoms with Crippen molar-refractivity contribution in [3.8, 4) is 11.4 Å². The molecule has 1 aliphatic carbocycles. The van der Waals surface area contributed by atoms with E-state index in [1.807, 2.05) is 38.1 Å². The molecule has 1 fully saturated rings. The number of carbonyl (C=O) groups is 1. The van der Waals surface area contributed by atoms with Gasteiger partial charge in [-0.3, -0.25) is 14.5 Å². The molecule has 0 unspecified atom stereocenters. The molecule has 3 rings (SSSR count). The van der Waals surface area contributed by atoms with Crippen molar-refractivity contribution in [2.75, 3.05) is 6.54 Å². The highest BCUT2D eigenvalue weighted by molar-refractivity contribution is 7.71. The largest absolute Gasteiger partial charge is 0.392 e. The fourth-order valence-corrected chi connectivity index (χ4v) is 3.75. The van der Waals surface area contributed by atoms with Crippen LogP contribution in [0.15, 0.2) is 24.3 Å². The van der Waals surface area contributed by atoms with E-state index in [0.717, 1.165) is 36.8 Å². The summed E-state index contributed by atoms with van der Waals surface area (Å²) in [5, 5.41) is 20.3. The summed E-state index contributed by atoms with van der Waals surface area (Å²) < 4.78 is 2.12. The minimum Gasteiger partial charge on any atom is -0.392 e. The molecule has 1 aromatic carbocycles. The molecular formula is C19H26N4O2S. The van der Waals surface area contributed by atoms with Gasteiger partial charge >= 0.3 is 0 Å². The Morgan fingerprint density at radius 2 is 2.31 bits per heavy atom. The fraction of sp³-hybridized carbons (Fsp3) is 0.526. The number of nitrogens with one attached hydrogen (secondary N) is 2. The third-order valence-electron chi connectivity index (χ3n) is 5.31. The third-order valence-corrected chi connectivity index (χ3v) is 5.62. The molecule has 2 aromatic rings. The van der Waals surface area contributed by atoms with Crippen LogP contribution < -0.4 is 5.32 Å². The number of aryl methyl sites for hydroxylation is 1. The fourth-order valence-electron chi connectivity index (χ4n) is 3.56. The molecular weight excluding hydrogens is 348 g/mol. The molecule has 1 aromatic heterocycles. The van der Waals surface area contributed by atoms with Crippen LogP contribution in [-0.4, -0.2) is 38.4 Å². The van der Waals surface area contributed by atoms with E-state index in [2.05, 4.69) is 15.5 Å². The number of aliphatic hydroxyl groups is 1. The second-order valence-corrected chi connectivity index (χ2v) is 7.89. The average Bonchev–Trinajstić information content (AvgIpc) is 2.97. The van der Waals surface area contributed by atoms with Crippen molar-refractivity contribution in [3.05, 3.63) is 34.6 Å². The Kier molecular flexibility index (Phi) is 5.58. The van der Waals surface area contributed by atoms with Gasteiger partial charge in [0.15, 0.2) is 10.6 Å². The first-order valence-corrected chi connectivity index (χ1v) is 9.47. The molecule has 140 valence electrons. The van der Waals surface area contributed by atoms with Gasteiger partial charge < -0.3 is 10.4 Å². The number of benzene rings is 1. The van der Waals surface area contributed by atoms with Crippen molar-refractivity contribution < 1.29 is 9.90 Å². The van der Waals surface area contributed by atoms with E-state index in [1.165, 1.54) is 0 Å². The number of aromatic nitrogens is 3. The van der Waals surface area contributed by atoms with Crippen molar-refractivity contribution in [3.63, 3.8) is 0 Å².